The minimum atomic E-state index is -1.46. The molecule has 23 nitrogen and oxygen atoms in total. The van der Waals surface area contributed by atoms with Gasteiger partial charge in [0.2, 0.25) is 55.4 Å². The van der Waals surface area contributed by atoms with Crippen LogP contribution in [0, 0.1) is 20.8 Å². The number of ether oxygens (including phenoxy) is 8. The van der Waals surface area contributed by atoms with E-state index in [4.69, 9.17) is 59.5 Å². The highest BCUT2D eigenvalue weighted by Crippen LogP contribution is 2.53. The zero-order chi connectivity index (χ0) is 65.0. The van der Waals surface area contributed by atoms with Crippen LogP contribution in [-0.2, 0) is 30.6 Å². The van der Waals surface area contributed by atoms with E-state index in [1.807, 2.05) is 106 Å². The zero-order valence-electron chi connectivity index (χ0n) is 51.2. The second kappa shape index (κ2) is 26.3. The number of fused-ring (bicyclic) bond motifs is 3. The van der Waals surface area contributed by atoms with Crippen LogP contribution in [0.2, 0.25) is 5.15 Å². The summed E-state index contributed by atoms with van der Waals surface area (Å²) in [6.45, 7) is 6.44. The van der Waals surface area contributed by atoms with E-state index in [9.17, 15) is 19.2 Å². The number of aryl methyl sites for hydroxylation is 3. The van der Waals surface area contributed by atoms with E-state index in [2.05, 4.69) is 45.9 Å². The zero-order valence-corrected chi connectivity index (χ0v) is 52.0. The minimum Gasteiger partial charge on any atom is -0.481 e. The van der Waals surface area contributed by atoms with Gasteiger partial charge in [0.1, 0.15) is 22.6 Å². The number of nitrogens with zero attached hydrogens (tertiary/aromatic N) is 5. The van der Waals surface area contributed by atoms with Gasteiger partial charge in [-0.3, -0.25) is 19.2 Å². The van der Waals surface area contributed by atoms with Gasteiger partial charge in [-0.15, -0.1) is 0 Å². The number of hydrogen-bond donors (Lipinski definition) is 6. The van der Waals surface area contributed by atoms with E-state index in [1.54, 1.807) is 49.8 Å². The van der Waals surface area contributed by atoms with Gasteiger partial charge in [0.05, 0.1) is 41.9 Å². The Morgan fingerprint density at radius 3 is 1.26 bits per heavy atom. The Balaban J connectivity index is 0.000000125. The number of pyridine rings is 6. The van der Waals surface area contributed by atoms with Crippen molar-refractivity contribution in [2.24, 2.45) is 0 Å². The molecule has 0 atom stereocenters. The van der Waals surface area contributed by atoms with Crippen LogP contribution in [0.25, 0.3) is 22.5 Å². The fourth-order valence-corrected chi connectivity index (χ4v) is 11.0. The van der Waals surface area contributed by atoms with Crippen LogP contribution in [0.1, 0.15) is 71.9 Å². The van der Waals surface area contributed by atoms with Crippen molar-refractivity contribution >= 4 is 59.4 Å². The lowest BCUT2D eigenvalue weighted by Crippen LogP contribution is -2.29. The first-order valence-corrected chi connectivity index (χ1v) is 30.1. The Bertz CT molecular complexity index is 4350. The number of hydrogen-bond acceptors (Lipinski definition) is 19. The van der Waals surface area contributed by atoms with Crippen LogP contribution in [0.4, 0.5) is 17.5 Å². The van der Waals surface area contributed by atoms with Crippen molar-refractivity contribution in [1.29, 1.82) is 0 Å². The molecule has 15 rings (SSSR count). The summed E-state index contributed by atoms with van der Waals surface area (Å²) in [6.07, 6.45) is 9.43. The van der Waals surface area contributed by atoms with Crippen molar-refractivity contribution in [1.82, 2.24) is 29.9 Å². The number of rotatable bonds is 14. The third-order valence-electron chi connectivity index (χ3n) is 16.8. The molecule has 0 spiro atoms. The first-order valence-electron chi connectivity index (χ1n) is 29.8. The second-order valence-electron chi connectivity index (χ2n) is 22.9. The number of nitrogens with one attached hydrogen (secondary N) is 4. The third-order valence-corrected chi connectivity index (χ3v) is 17.2. The summed E-state index contributed by atoms with van der Waals surface area (Å²) in [5.41, 5.74) is 7.33. The summed E-state index contributed by atoms with van der Waals surface area (Å²) in [6, 6.07) is 38.1. The Labute approximate surface area is 538 Å². The van der Waals surface area contributed by atoms with Crippen molar-refractivity contribution in [3.63, 3.8) is 0 Å². The van der Waals surface area contributed by atoms with E-state index >= 15 is 0 Å². The highest BCUT2D eigenvalue weighted by Gasteiger charge is 2.54. The van der Waals surface area contributed by atoms with Crippen LogP contribution in [0.5, 0.6) is 46.3 Å². The fraction of sp³-hybridized carbons (Fsp3) is 0.250. The Hall–Kier alpha value is -10.6. The predicted molar refractivity (Wildman–Crippen MR) is 345 cm³/mol. The number of H-pyrrole nitrogens is 1. The van der Waals surface area contributed by atoms with Crippen molar-refractivity contribution in [2.75, 3.05) is 50.5 Å². The van der Waals surface area contributed by atoms with E-state index in [0.717, 1.165) is 94.5 Å². The maximum Gasteiger partial charge on any atom is 0.490 e. The van der Waals surface area contributed by atoms with Crippen LogP contribution in [0.3, 0.4) is 0 Å². The number of benzene rings is 3. The molecule has 3 saturated carbocycles. The van der Waals surface area contributed by atoms with Gasteiger partial charge in [0.15, 0.2) is 34.5 Å². The third kappa shape index (κ3) is 13.6. The molecule has 9 heterocycles. The number of aromatic amines is 1. The molecule has 3 aliphatic heterocycles. The molecule has 93 heavy (non-hydrogen) atoms. The standard InChI is InChI=1S/C23H21N3O4.C22H19N3O4.C17H15ClN2O3.C6H8BNO3/c1-14-3-7-19(25-21(14)15-4-8-20(28-2)24-12-15)26-22(27)23(9-10-23)16-5-6-17-18(11-16)30-13-29-17;1-13-2-6-18(24-20(13)14-3-7-19(26)23-11-14)25-21(27)22(8-9-22)15-4-5-16-17(10-15)29-12-28-16;1-10-2-5-14(19-15(10)18)20-16(21)17(6-7-17)11-3-4-12-13(8-11)23-9-22-12;1-11-6-3-2-5(4-8-6)7(9)10/h3-8,11-12H,9-10,13H2,1-2H3,(H,25,26,27);2-7,10-11H,8-9,12H2,1H3,(H,23,26)(H,24,25,27);2-5,8H,6-7,9H2,1H3,(H,19,20,21);2-4,9-10H,1H3. The molecular formula is C68H63BClN9O14. The predicted octanol–water partition coefficient (Wildman–Crippen LogP) is 9.22. The number of halogens is 1. The minimum absolute atomic E-state index is 0.0588. The molecule has 25 heteroatoms. The van der Waals surface area contributed by atoms with E-state index < -0.39 is 23.4 Å². The Morgan fingerprint density at radius 2 is 0.892 bits per heavy atom. The number of anilines is 3. The summed E-state index contributed by atoms with van der Waals surface area (Å²) in [7, 11) is 1.61. The number of aromatic nitrogens is 6. The maximum atomic E-state index is 13.2. The van der Waals surface area contributed by atoms with E-state index in [-0.39, 0.29) is 43.7 Å². The van der Waals surface area contributed by atoms with Gasteiger partial charge in [-0.1, -0.05) is 54.1 Å². The van der Waals surface area contributed by atoms with Crippen LogP contribution < -0.4 is 64.9 Å². The topological polar surface area (TPSA) is 299 Å². The maximum absolute atomic E-state index is 13.2. The highest BCUT2D eigenvalue weighted by atomic mass is 35.5. The van der Waals surface area contributed by atoms with E-state index in [0.29, 0.717) is 74.3 Å². The summed E-state index contributed by atoms with van der Waals surface area (Å²) in [5.74, 6) is 6.45. The van der Waals surface area contributed by atoms with Crippen molar-refractivity contribution in [3.8, 4) is 68.8 Å². The average Bonchev–Trinajstić information content (AvgIpc) is 1.62. The first kappa shape index (κ1) is 62.6. The van der Waals surface area contributed by atoms with Crippen molar-refractivity contribution < 1.29 is 62.3 Å². The van der Waals surface area contributed by atoms with Gasteiger partial charge < -0.3 is 68.9 Å². The van der Waals surface area contributed by atoms with Gasteiger partial charge in [-0.05, 0) is 165 Å². The molecular weight excluding hydrogens is 1210 g/mol. The van der Waals surface area contributed by atoms with Gasteiger partial charge in [0.25, 0.3) is 0 Å². The fourth-order valence-electron chi connectivity index (χ4n) is 10.8. The Morgan fingerprint density at radius 1 is 0.495 bits per heavy atom. The van der Waals surface area contributed by atoms with Crippen LogP contribution in [-0.4, -0.2) is 99.4 Å². The first-order chi connectivity index (χ1) is 45.0. The molecule has 3 aromatic carbocycles. The number of carbonyl (C=O) groups excluding carboxylic acids is 3. The number of amides is 3. The summed E-state index contributed by atoms with van der Waals surface area (Å²) >= 11 is 6.02. The van der Waals surface area contributed by atoms with Gasteiger partial charge >= 0.3 is 7.12 Å². The molecule has 6 N–H and O–H groups in total. The Kier molecular flexibility index (Phi) is 17.7. The summed E-state index contributed by atoms with van der Waals surface area (Å²) < 4.78 is 42.3. The molecule has 0 saturated heterocycles. The molecule has 0 unspecified atom stereocenters. The monoisotopic (exact) mass is 1280 g/mol. The summed E-state index contributed by atoms with van der Waals surface area (Å²) in [5, 5.41) is 26.6. The smallest absolute Gasteiger partial charge is 0.481 e. The lowest BCUT2D eigenvalue weighted by Gasteiger charge is -2.17. The molecule has 3 amide bonds. The van der Waals surface area contributed by atoms with Crippen molar-refractivity contribution in [3.05, 3.63) is 195 Å². The molecule has 0 radical (unpaired) electrons. The van der Waals surface area contributed by atoms with Crippen molar-refractivity contribution in [2.45, 2.75) is 75.5 Å². The average molecular weight is 1280 g/mol. The molecule has 9 aromatic rings. The van der Waals surface area contributed by atoms with Gasteiger partial charge in [-0.25, -0.2) is 24.9 Å². The molecule has 6 aromatic heterocycles. The SMILES string of the molecule is COc1ccc(-c2nc(NC(=O)C3(c4ccc5c(c4)OCO5)CC3)ccc2C)cn1.COc1ccc(B(O)O)cn1.Cc1ccc(NC(=O)C2(c3ccc4c(c3)OCO4)CC2)nc1-c1ccc(=O)[nH]c1.Cc1ccc(NC(=O)C2(c3ccc4c(c3)OCO4)CC2)nc1Cl. The largest absolute Gasteiger partial charge is 0.490 e. The number of methoxy groups -OCH3 is 2. The summed E-state index contributed by atoms with van der Waals surface area (Å²) in [4.78, 5) is 74.5. The highest BCUT2D eigenvalue weighted by molar-refractivity contribution is 6.58. The lowest BCUT2D eigenvalue weighted by atomic mass is 9.82. The van der Waals surface area contributed by atoms with E-state index in [1.165, 1.54) is 25.4 Å². The van der Waals surface area contributed by atoms with Crippen LogP contribution >= 0.6 is 11.6 Å². The number of carbonyl (C=O) groups is 3. The quantitative estimate of drug-likeness (QED) is 0.0436. The molecule has 6 aliphatic rings. The molecule has 3 fully saturated rings. The van der Waals surface area contributed by atoms with Gasteiger partial charge in [0, 0.05) is 47.3 Å². The molecule has 3 aliphatic carbocycles. The second-order valence-corrected chi connectivity index (χ2v) is 23.2. The normalized spacial score (nSPS) is 15.2. The molecule has 0 bridgehead atoms. The van der Waals surface area contributed by atoms with Gasteiger partial charge in [-0.2, -0.15) is 0 Å². The molecule has 474 valence electrons. The van der Waals surface area contributed by atoms with Crippen LogP contribution in [0.15, 0.2) is 151 Å². The lowest BCUT2D eigenvalue weighted by molar-refractivity contribution is -0.119.